The SMILES string of the molecule is CC1=Cc2cccc(COC(C)(C)C)c2C1c1ccccc1. The van der Waals surface area contributed by atoms with E-state index in [0.717, 1.165) is 0 Å². The van der Waals surface area contributed by atoms with Crippen LogP contribution < -0.4 is 0 Å². The molecule has 1 aliphatic carbocycles. The Labute approximate surface area is 133 Å². The summed E-state index contributed by atoms with van der Waals surface area (Å²) in [5.41, 5.74) is 6.69. The van der Waals surface area contributed by atoms with Gasteiger partial charge >= 0.3 is 0 Å². The molecule has 1 heteroatoms. The van der Waals surface area contributed by atoms with Gasteiger partial charge in [0.25, 0.3) is 0 Å². The van der Waals surface area contributed by atoms with Crippen molar-refractivity contribution in [3.8, 4) is 0 Å². The molecule has 1 unspecified atom stereocenters. The molecule has 0 radical (unpaired) electrons. The first kappa shape index (κ1) is 15.1. The highest BCUT2D eigenvalue weighted by atomic mass is 16.5. The molecule has 0 N–H and O–H groups in total. The maximum absolute atomic E-state index is 6.04. The molecule has 0 saturated heterocycles. The molecule has 0 aromatic heterocycles. The number of fused-ring (bicyclic) bond motifs is 1. The number of benzene rings is 2. The van der Waals surface area contributed by atoms with Gasteiger partial charge in [-0.25, -0.2) is 0 Å². The molecule has 1 aliphatic rings. The minimum absolute atomic E-state index is 0.119. The second-order valence-corrected chi connectivity index (χ2v) is 7.05. The summed E-state index contributed by atoms with van der Waals surface area (Å²) in [6.45, 7) is 9.21. The molecule has 3 rings (SSSR count). The molecule has 0 aliphatic heterocycles. The molecular formula is C21H24O. The van der Waals surface area contributed by atoms with Crippen LogP contribution in [0, 0.1) is 0 Å². The molecule has 0 saturated carbocycles. The van der Waals surface area contributed by atoms with Crippen LogP contribution in [0.4, 0.5) is 0 Å². The van der Waals surface area contributed by atoms with Crippen LogP contribution in [0.25, 0.3) is 6.08 Å². The molecule has 0 spiro atoms. The molecule has 0 amide bonds. The summed E-state index contributed by atoms with van der Waals surface area (Å²) in [6, 6.07) is 17.3. The summed E-state index contributed by atoms with van der Waals surface area (Å²) < 4.78 is 6.04. The molecule has 114 valence electrons. The van der Waals surface area contributed by atoms with E-state index in [9.17, 15) is 0 Å². The fourth-order valence-corrected chi connectivity index (χ4v) is 3.16. The topological polar surface area (TPSA) is 9.23 Å². The second kappa shape index (κ2) is 5.73. The van der Waals surface area contributed by atoms with E-state index in [1.165, 1.54) is 27.8 Å². The van der Waals surface area contributed by atoms with E-state index in [0.29, 0.717) is 12.5 Å². The minimum Gasteiger partial charge on any atom is -0.371 e. The van der Waals surface area contributed by atoms with Gasteiger partial charge in [0, 0.05) is 5.92 Å². The van der Waals surface area contributed by atoms with Crippen molar-refractivity contribution in [2.75, 3.05) is 0 Å². The average Bonchev–Trinajstić information content (AvgIpc) is 2.81. The van der Waals surface area contributed by atoms with Crippen molar-refractivity contribution in [3.63, 3.8) is 0 Å². The van der Waals surface area contributed by atoms with E-state index in [-0.39, 0.29) is 5.60 Å². The molecule has 2 aromatic carbocycles. The van der Waals surface area contributed by atoms with Crippen molar-refractivity contribution in [1.29, 1.82) is 0 Å². The van der Waals surface area contributed by atoms with Crippen LogP contribution in [0.5, 0.6) is 0 Å². The van der Waals surface area contributed by atoms with E-state index in [1.54, 1.807) is 0 Å². The smallest absolute Gasteiger partial charge is 0.0727 e. The first-order valence-corrected chi connectivity index (χ1v) is 7.94. The molecule has 0 heterocycles. The van der Waals surface area contributed by atoms with Gasteiger partial charge in [-0.1, -0.05) is 60.2 Å². The van der Waals surface area contributed by atoms with Gasteiger partial charge < -0.3 is 4.74 Å². The van der Waals surface area contributed by atoms with Crippen molar-refractivity contribution in [1.82, 2.24) is 0 Å². The first-order valence-electron chi connectivity index (χ1n) is 7.94. The molecular weight excluding hydrogens is 268 g/mol. The van der Waals surface area contributed by atoms with Gasteiger partial charge in [-0.15, -0.1) is 0 Å². The number of rotatable bonds is 3. The minimum atomic E-state index is -0.119. The third-order valence-corrected chi connectivity index (χ3v) is 4.15. The standard InChI is InChI=1S/C21H24O/c1-15-13-17-11-8-12-18(14-22-21(2,3)4)20(17)19(15)16-9-6-5-7-10-16/h5-13,19H,14H2,1-4H3. The van der Waals surface area contributed by atoms with Crippen LogP contribution in [0.3, 0.4) is 0 Å². The summed E-state index contributed by atoms with van der Waals surface area (Å²) >= 11 is 0. The monoisotopic (exact) mass is 292 g/mol. The van der Waals surface area contributed by atoms with Crippen LogP contribution in [0.1, 0.15) is 55.9 Å². The lowest BCUT2D eigenvalue weighted by Crippen LogP contribution is -2.19. The summed E-state index contributed by atoms with van der Waals surface area (Å²) in [4.78, 5) is 0. The van der Waals surface area contributed by atoms with E-state index in [2.05, 4.69) is 82.3 Å². The van der Waals surface area contributed by atoms with Gasteiger partial charge in [0.2, 0.25) is 0 Å². The first-order chi connectivity index (χ1) is 10.5. The average molecular weight is 292 g/mol. The Bertz CT molecular complexity index is 690. The third-order valence-electron chi connectivity index (χ3n) is 4.15. The Morgan fingerprint density at radius 1 is 0.955 bits per heavy atom. The van der Waals surface area contributed by atoms with Crippen molar-refractivity contribution < 1.29 is 4.74 Å². The predicted octanol–water partition coefficient (Wildman–Crippen LogP) is 5.55. The zero-order valence-electron chi connectivity index (χ0n) is 13.9. The normalized spacial score (nSPS) is 17.3. The van der Waals surface area contributed by atoms with Gasteiger partial charge in [-0.2, -0.15) is 0 Å². The fraction of sp³-hybridized carbons (Fsp3) is 0.333. The van der Waals surface area contributed by atoms with E-state index in [4.69, 9.17) is 4.74 Å². The Kier molecular flexibility index (Phi) is 3.92. The predicted molar refractivity (Wildman–Crippen MR) is 92.9 cm³/mol. The van der Waals surface area contributed by atoms with Crippen molar-refractivity contribution in [3.05, 3.63) is 76.4 Å². The third kappa shape index (κ3) is 3.00. The summed E-state index contributed by atoms with van der Waals surface area (Å²) in [5.74, 6) is 0.357. The molecule has 1 atom stereocenters. The van der Waals surface area contributed by atoms with Crippen LogP contribution in [-0.2, 0) is 11.3 Å². The highest BCUT2D eigenvalue weighted by molar-refractivity contribution is 5.70. The highest BCUT2D eigenvalue weighted by Gasteiger charge is 2.27. The number of ether oxygens (including phenoxy) is 1. The van der Waals surface area contributed by atoms with Crippen molar-refractivity contribution in [2.24, 2.45) is 0 Å². The van der Waals surface area contributed by atoms with Gasteiger partial charge in [-0.3, -0.25) is 0 Å². The zero-order valence-corrected chi connectivity index (χ0v) is 13.9. The Balaban J connectivity index is 2.00. The molecule has 0 fully saturated rings. The Hall–Kier alpha value is -1.86. The van der Waals surface area contributed by atoms with Gasteiger partial charge in [-0.05, 0) is 49.9 Å². The lowest BCUT2D eigenvalue weighted by atomic mass is 9.86. The number of hydrogen-bond donors (Lipinski definition) is 0. The summed E-state index contributed by atoms with van der Waals surface area (Å²) in [6.07, 6.45) is 2.31. The lowest BCUT2D eigenvalue weighted by Gasteiger charge is -2.23. The quantitative estimate of drug-likeness (QED) is 0.720. The van der Waals surface area contributed by atoms with Crippen LogP contribution >= 0.6 is 0 Å². The van der Waals surface area contributed by atoms with Crippen molar-refractivity contribution >= 4 is 6.08 Å². The van der Waals surface area contributed by atoms with Gasteiger partial charge in [0.05, 0.1) is 12.2 Å². The highest BCUT2D eigenvalue weighted by Crippen LogP contribution is 2.42. The van der Waals surface area contributed by atoms with Crippen LogP contribution in [0.2, 0.25) is 0 Å². The van der Waals surface area contributed by atoms with Crippen molar-refractivity contribution in [2.45, 2.75) is 45.8 Å². The molecule has 2 aromatic rings. The van der Waals surface area contributed by atoms with E-state index in [1.807, 2.05) is 0 Å². The lowest BCUT2D eigenvalue weighted by molar-refractivity contribution is -0.0152. The van der Waals surface area contributed by atoms with E-state index >= 15 is 0 Å². The number of allylic oxidation sites excluding steroid dienone is 1. The van der Waals surface area contributed by atoms with Crippen LogP contribution in [0.15, 0.2) is 54.1 Å². The maximum atomic E-state index is 6.04. The summed E-state index contributed by atoms with van der Waals surface area (Å²) in [5, 5.41) is 0. The Morgan fingerprint density at radius 2 is 1.68 bits per heavy atom. The fourth-order valence-electron chi connectivity index (χ4n) is 3.16. The van der Waals surface area contributed by atoms with Crippen LogP contribution in [-0.4, -0.2) is 5.60 Å². The molecule has 0 bridgehead atoms. The van der Waals surface area contributed by atoms with E-state index < -0.39 is 0 Å². The second-order valence-electron chi connectivity index (χ2n) is 7.05. The zero-order chi connectivity index (χ0) is 15.7. The molecule has 1 nitrogen and oxygen atoms in total. The molecule has 22 heavy (non-hydrogen) atoms. The van der Waals surface area contributed by atoms with Gasteiger partial charge in [0.1, 0.15) is 0 Å². The largest absolute Gasteiger partial charge is 0.371 e. The maximum Gasteiger partial charge on any atom is 0.0727 e. The Morgan fingerprint density at radius 3 is 2.36 bits per heavy atom. The van der Waals surface area contributed by atoms with Gasteiger partial charge in [0.15, 0.2) is 0 Å². The summed E-state index contributed by atoms with van der Waals surface area (Å²) in [7, 11) is 0. The number of hydrogen-bond acceptors (Lipinski definition) is 1.